The van der Waals surface area contributed by atoms with E-state index in [0.29, 0.717) is 23.5 Å². The molecule has 4 rings (SSSR count). The van der Waals surface area contributed by atoms with Crippen LogP contribution in [0, 0.1) is 0 Å². The van der Waals surface area contributed by atoms with Gasteiger partial charge in [-0.05, 0) is 54.8 Å². The molecule has 2 N–H and O–H groups in total. The fourth-order valence-electron chi connectivity index (χ4n) is 3.27. The van der Waals surface area contributed by atoms with E-state index in [-0.39, 0.29) is 5.91 Å². The van der Waals surface area contributed by atoms with Crippen LogP contribution in [0.25, 0.3) is 10.9 Å². The molecule has 1 amide bonds. The quantitative estimate of drug-likeness (QED) is 0.741. The summed E-state index contributed by atoms with van der Waals surface area (Å²) in [5.74, 6) is -0.230. The number of hydrogen-bond acceptors (Lipinski definition) is 4. The third-order valence-electron chi connectivity index (χ3n) is 4.52. The number of nitrogens with zero attached hydrogens (tertiary/aromatic N) is 2. The first kappa shape index (κ1) is 16.6. The van der Waals surface area contributed by atoms with E-state index in [1.807, 2.05) is 18.2 Å². The van der Waals surface area contributed by atoms with Gasteiger partial charge in [0.05, 0.1) is 23.7 Å². The summed E-state index contributed by atoms with van der Waals surface area (Å²) in [6.07, 6.45) is 4.39. The lowest BCUT2D eigenvalue weighted by molar-refractivity contribution is 0.102. The number of carbonyl (C=O) groups is 1. The van der Waals surface area contributed by atoms with Crippen molar-refractivity contribution < 1.29 is 13.2 Å². The molecular formula is C18H18N4O3S. The summed E-state index contributed by atoms with van der Waals surface area (Å²) in [5.41, 5.74) is 3.62. The van der Waals surface area contributed by atoms with E-state index in [1.165, 1.54) is 10.6 Å². The molecule has 7 nitrogen and oxygen atoms in total. The highest BCUT2D eigenvalue weighted by atomic mass is 32.2. The summed E-state index contributed by atoms with van der Waals surface area (Å²) in [5, 5.41) is 10.6. The molecule has 2 heterocycles. The van der Waals surface area contributed by atoms with Crippen molar-refractivity contribution in [1.82, 2.24) is 10.2 Å². The van der Waals surface area contributed by atoms with E-state index in [1.54, 1.807) is 24.4 Å². The summed E-state index contributed by atoms with van der Waals surface area (Å²) in [6.45, 7) is 0.474. The van der Waals surface area contributed by atoms with Gasteiger partial charge in [-0.25, -0.2) is 8.42 Å². The fraction of sp³-hybridized carbons (Fsp3) is 0.222. The fourth-order valence-corrected chi connectivity index (χ4v) is 4.27. The number of sulfonamides is 1. The van der Waals surface area contributed by atoms with Crippen molar-refractivity contribution in [2.75, 3.05) is 22.4 Å². The Hall–Kier alpha value is -2.87. The lowest BCUT2D eigenvalue weighted by Gasteiger charge is -2.29. The SMILES string of the molecule is CS(=O)(=O)N1CCCc2cc(C(=O)Nc3ccc4[nH]ncc4c3)ccc21. The Labute approximate surface area is 151 Å². The van der Waals surface area contributed by atoms with Gasteiger partial charge >= 0.3 is 0 Å². The van der Waals surface area contributed by atoms with Crippen molar-refractivity contribution in [1.29, 1.82) is 0 Å². The summed E-state index contributed by atoms with van der Waals surface area (Å²) in [6, 6.07) is 10.7. The van der Waals surface area contributed by atoms with Crippen molar-refractivity contribution in [2.45, 2.75) is 12.8 Å². The number of hydrogen-bond donors (Lipinski definition) is 2. The number of H-pyrrole nitrogens is 1. The lowest BCUT2D eigenvalue weighted by atomic mass is 10.0. The van der Waals surface area contributed by atoms with Gasteiger partial charge in [-0.3, -0.25) is 14.2 Å². The number of carbonyl (C=O) groups excluding carboxylic acids is 1. The van der Waals surface area contributed by atoms with E-state index in [9.17, 15) is 13.2 Å². The number of anilines is 2. The number of benzene rings is 2. The molecule has 26 heavy (non-hydrogen) atoms. The number of fused-ring (bicyclic) bond motifs is 2. The zero-order valence-electron chi connectivity index (χ0n) is 14.2. The molecule has 134 valence electrons. The number of nitrogens with one attached hydrogen (secondary N) is 2. The predicted molar refractivity (Wildman–Crippen MR) is 101 cm³/mol. The Kier molecular flexibility index (Phi) is 3.91. The highest BCUT2D eigenvalue weighted by Crippen LogP contribution is 2.30. The molecule has 1 aromatic heterocycles. The largest absolute Gasteiger partial charge is 0.322 e. The van der Waals surface area contributed by atoms with E-state index in [2.05, 4.69) is 15.5 Å². The van der Waals surface area contributed by atoms with Gasteiger partial charge in [0.15, 0.2) is 0 Å². The molecular weight excluding hydrogens is 352 g/mol. The van der Waals surface area contributed by atoms with Gasteiger partial charge in [-0.2, -0.15) is 5.10 Å². The molecule has 1 aliphatic heterocycles. The molecule has 2 aromatic carbocycles. The van der Waals surface area contributed by atoms with Crippen LogP contribution < -0.4 is 9.62 Å². The van der Waals surface area contributed by atoms with Crippen LogP contribution in [0.3, 0.4) is 0 Å². The Morgan fingerprint density at radius 1 is 1.23 bits per heavy atom. The summed E-state index contributed by atoms with van der Waals surface area (Å²) < 4.78 is 25.3. The summed E-state index contributed by atoms with van der Waals surface area (Å²) in [7, 11) is -3.31. The number of rotatable bonds is 3. The van der Waals surface area contributed by atoms with Crippen LogP contribution >= 0.6 is 0 Å². The van der Waals surface area contributed by atoms with Gasteiger partial charge in [-0.1, -0.05) is 0 Å². The third kappa shape index (κ3) is 3.03. The second-order valence-electron chi connectivity index (χ2n) is 6.41. The van der Waals surface area contributed by atoms with Crippen LogP contribution in [-0.4, -0.2) is 37.3 Å². The molecule has 0 bridgehead atoms. The maximum absolute atomic E-state index is 12.6. The van der Waals surface area contributed by atoms with Crippen molar-refractivity contribution >= 4 is 38.2 Å². The van der Waals surface area contributed by atoms with E-state index < -0.39 is 10.0 Å². The minimum atomic E-state index is -3.31. The monoisotopic (exact) mass is 370 g/mol. The molecule has 3 aromatic rings. The molecule has 0 fully saturated rings. The highest BCUT2D eigenvalue weighted by molar-refractivity contribution is 7.92. The average Bonchev–Trinajstić information content (AvgIpc) is 3.07. The van der Waals surface area contributed by atoms with E-state index >= 15 is 0 Å². The number of aryl methyl sites for hydroxylation is 1. The molecule has 0 saturated carbocycles. The van der Waals surface area contributed by atoms with Gasteiger partial charge in [-0.15, -0.1) is 0 Å². The van der Waals surface area contributed by atoms with Crippen LogP contribution in [0.2, 0.25) is 0 Å². The first-order valence-corrected chi connectivity index (χ1v) is 10.1. The number of aromatic nitrogens is 2. The van der Waals surface area contributed by atoms with Crippen molar-refractivity contribution in [3.8, 4) is 0 Å². The molecule has 0 unspecified atom stereocenters. The van der Waals surface area contributed by atoms with E-state index in [0.717, 1.165) is 29.3 Å². The topological polar surface area (TPSA) is 95.2 Å². The van der Waals surface area contributed by atoms with Gasteiger partial charge in [0.1, 0.15) is 0 Å². The van der Waals surface area contributed by atoms with Crippen LogP contribution in [0.1, 0.15) is 22.3 Å². The highest BCUT2D eigenvalue weighted by Gasteiger charge is 2.24. The second-order valence-corrected chi connectivity index (χ2v) is 8.32. The Bertz CT molecular complexity index is 1100. The maximum atomic E-state index is 12.6. The van der Waals surface area contributed by atoms with Crippen molar-refractivity contribution in [3.05, 3.63) is 53.7 Å². The molecule has 1 aliphatic rings. The second kappa shape index (κ2) is 6.14. The Morgan fingerprint density at radius 3 is 2.88 bits per heavy atom. The van der Waals surface area contributed by atoms with Crippen LogP contribution in [0.15, 0.2) is 42.6 Å². The molecule has 0 spiro atoms. The van der Waals surface area contributed by atoms with Crippen LogP contribution in [0.5, 0.6) is 0 Å². The van der Waals surface area contributed by atoms with Gasteiger partial charge < -0.3 is 5.32 Å². The minimum absolute atomic E-state index is 0.230. The number of aromatic amines is 1. The van der Waals surface area contributed by atoms with Crippen LogP contribution in [0.4, 0.5) is 11.4 Å². The van der Waals surface area contributed by atoms with Crippen LogP contribution in [-0.2, 0) is 16.4 Å². The van der Waals surface area contributed by atoms with Gasteiger partial charge in [0.25, 0.3) is 5.91 Å². The Morgan fingerprint density at radius 2 is 2.08 bits per heavy atom. The van der Waals surface area contributed by atoms with E-state index in [4.69, 9.17) is 0 Å². The first-order valence-electron chi connectivity index (χ1n) is 8.27. The smallest absolute Gasteiger partial charge is 0.255 e. The maximum Gasteiger partial charge on any atom is 0.255 e. The van der Waals surface area contributed by atoms with Gasteiger partial charge in [0.2, 0.25) is 10.0 Å². The molecule has 0 atom stereocenters. The summed E-state index contributed by atoms with van der Waals surface area (Å²) in [4.78, 5) is 12.6. The zero-order valence-corrected chi connectivity index (χ0v) is 15.0. The molecule has 0 saturated heterocycles. The van der Waals surface area contributed by atoms with Gasteiger partial charge in [0, 0.05) is 23.2 Å². The molecule has 0 radical (unpaired) electrons. The van der Waals surface area contributed by atoms with Crippen molar-refractivity contribution in [2.24, 2.45) is 0 Å². The standard InChI is InChI=1S/C18H18N4O3S/c1-26(24,25)22-8-2-3-12-9-13(4-7-17(12)22)18(23)20-15-5-6-16-14(10-15)11-19-21-16/h4-7,9-11H,2-3,8H2,1H3,(H,19,21)(H,20,23). The zero-order chi connectivity index (χ0) is 18.3. The molecule has 8 heteroatoms. The van der Waals surface area contributed by atoms with Crippen molar-refractivity contribution in [3.63, 3.8) is 0 Å². The normalized spacial score (nSPS) is 14.3. The predicted octanol–water partition coefficient (Wildman–Crippen LogP) is 2.53. The summed E-state index contributed by atoms with van der Waals surface area (Å²) >= 11 is 0. The average molecular weight is 370 g/mol. The first-order chi connectivity index (χ1) is 12.4. The molecule has 0 aliphatic carbocycles. The third-order valence-corrected chi connectivity index (χ3v) is 5.70. The number of amides is 1. The Balaban J connectivity index is 1.60. The lowest BCUT2D eigenvalue weighted by Crippen LogP contribution is -2.34. The minimum Gasteiger partial charge on any atom is -0.322 e.